The van der Waals surface area contributed by atoms with Gasteiger partial charge in [-0.15, -0.1) is 0 Å². The lowest BCUT2D eigenvalue weighted by molar-refractivity contribution is -0.112. The van der Waals surface area contributed by atoms with Crippen molar-refractivity contribution in [2.45, 2.75) is 53.5 Å². The van der Waals surface area contributed by atoms with Gasteiger partial charge in [0.15, 0.2) is 11.6 Å². The molecule has 1 aromatic carbocycles. The average molecular weight is 496 g/mol. The summed E-state index contributed by atoms with van der Waals surface area (Å²) in [5, 5.41) is 2.05. The quantitative estimate of drug-likeness (QED) is 0.244. The first kappa shape index (κ1) is 27.0. The zero-order valence-electron chi connectivity index (χ0n) is 21.3. The van der Waals surface area contributed by atoms with Gasteiger partial charge in [-0.1, -0.05) is 49.8 Å². The molecule has 36 heavy (non-hydrogen) atoms. The van der Waals surface area contributed by atoms with Crippen LogP contribution in [0.15, 0.2) is 89.6 Å². The summed E-state index contributed by atoms with van der Waals surface area (Å²) in [4.78, 5) is 16.3. The molecule has 0 aliphatic heterocycles. The Morgan fingerprint density at radius 3 is 2.56 bits per heavy atom. The highest BCUT2D eigenvalue weighted by Gasteiger charge is 2.32. The van der Waals surface area contributed by atoms with Crippen LogP contribution >= 0.6 is 0 Å². The molecule has 0 saturated carbocycles. The van der Waals surface area contributed by atoms with E-state index in [0.717, 1.165) is 24.5 Å². The van der Waals surface area contributed by atoms with E-state index in [-0.39, 0.29) is 5.41 Å². The molecule has 0 spiro atoms. The molecule has 190 valence electrons. The van der Waals surface area contributed by atoms with Gasteiger partial charge in [0.05, 0.1) is 12.4 Å². The Morgan fingerprint density at radius 1 is 1.14 bits per heavy atom. The van der Waals surface area contributed by atoms with Gasteiger partial charge in [0.2, 0.25) is 5.91 Å². The number of halogens is 3. The molecule has 2 aromatic rings. The Morgan fingerprint density at radius 2 is 1.86 bits per heavy atom. The zero-order chi connectivity index (χ0) is 26.5. The molecule has 7 heteroatoms. The van der Waals surface area contributed by atoms with Gasteiger partial charge >= 0.3 is 0 Å². The fourth-order valence-electron chi connectivity index (χ4n) is 4.42. The zero-order valence-corrected chi connectivity index (χ0v) is 21.3. The highest BCUT2D eigenvalue weighted by molar-refractivity contribution is 6.00. The maximum absolute atomic E-state index is 13.7. The molecule has 0 fully saturated rings. The van der Waals surface area contributed by atoms with E-state index in [1.807, 2.05) is 25.5 Å². The number of benzene rings is 1. The van der Waals surface area contributed by atoms with E-state index in [2.05, 4.69) is 47.8 Å². The van der Waals surface area contributed by atoms with Gasteiger partial charge in [0.25, 0.3) is 0 Å². The monoisotopic (exact) mass is 495 g/mol. The van der Waals surface area contributed by atoms with E-state index in [0.29, 0.717) is 17.7 Å². The van der Waals surface area contributed by atoms with Crippen LogP contribution in [0.2, 0.25) is 0 Å². The van der Waals surface area contributed by atoms with Crippen molar-refractivity contribution in [3.63, 3.8) is 0 Å². The predicted molar refractivity (Wildman–Crippen MR) is 138 cm³/mol. The summed E-state index contributed by atoms with van der Waals surface area (Å²) < 4.78 is 42.9. The topological polar surface area (TPSA) is 46.9 Å². The molecule has 1 aromatic heterocycles. The largest absolute Gasteiger partial charge is 0.330 e. The molecule has 1 heterocycles. The first-order valence-electron chi connectivity index (χ1n) is 11.8. The Kier molecular flexibility index (Phi) is 8.56. The van der Waals surface area contributed by atoms with Crippen molar-refractivity contribution in [1.29, 1.82) is 0 Å². The highest BCUT2D eigenvalue weighted by Crippen LogP contribution is 2.45. The van der Waals surface area contributed by atoms with Gasteiger partial charge in [-0.05, 0) is 67.9 Å². The number of amides is 1. The van der Waals surface area contributed by atoms with E-state index >= 15 is 0 Å². The second-order valence-corrected chi connectivity index (χ2v) is 9.74. The first-order valence-corrected chi connectivity index (χ1v) is 11.8. The lowest BCUT2D eigenvalue weighted by atomic mass is 9.71. The molecule has 3 rings (SSSR count). The number of rotatable bonds is 7. The molecule has 1 N–H and O–H groups in total. The van der Waals surface area contributed by atoms with Crippen molar-refractivity contribution in [1.82, 2.24) is 9.55 Å². The lowest BCUT2D eigenvalue weighted by Gasteiger charge is -2.37. The normalized spacial score (nSPS) is 18.9. The van der Waals surface area contributed by atoms with Gasteiger partial charge < -0.3 is 9.88 Å². The predicted octanol–water partition coefficient (Wildman–Crippen LogP) is 7.62. The van der Waals surface area contributed by atoms with Gasteiger partial charge in [0, 0.05) is 18.5 Å². The maximum atomic E-state index is 13.7. The van der Waals surface area contributed by atoms with E-state index in [4.69, 9.17) is 0 Å². The van der Waals surface area contributed by atoms with Crippen molar-refractivity contribution in [2.24, 2.45) is 5.41 Å². The summed E-state index contributed by atoms with van der Waals surface area (Å²) in [6.07, 6.45) is 18.7. The van der Waals surface area contributed by atoms with Crippen LogP contribution in [-0.4, -0.2) is 15.5 Å². The third-order valence-corrected chi connectivity index (χ3v) is 6.46. The summed E-state index contributed by atoms with van der Waals surface area (Å²) in [7, 11) is 0. The second-order valence-electron chi connectivity index (χ2n) is 9.74. The molecular weight excluding hydrogens is 463 g/mol. The van der Waals surface area contributed by atoms with Crippen LogP contribution in [0.5, 0.6) is 0 Å². The van der Waals surface area contributed by atoms with Crippen molar-refractivity contribution in [2.75, 3.05) is 5.32 Å². The fraction of sp³-hybridized carbons (Fsp3) is 0.310. The number of anilines is 1. The smallest absolute Gasteiger partial charge is 0.248 e. The minimum absolute atomic E-state index is 0.0705. The van der Waals surface area contributed by atoms with Crippen LogP contribution < -0.4 is 5.32 Å². The Labute approximate surface area is 210 Å². The van der Waals surface area contributed by atoms with Crippen molar-refractivity contribution in [3.8, 4) is 0 Å². The molecule has 0 radical (unpaired) electrons. The third-order valence-electron chi connectivity index (χ3n) is 6.46. The molecule has 1 unspecified atom stereocenters. The number of nitrogens with one attached hydrogen (secondary N) is 1. The molecule has 0 saturated heterocycles. The average Bonchev–Trinajstić information content (AvgIpc) is 3.33. The lowest BCUT2D eigenvalue weighted by Crippen LogP contribution is -2.25. The first-order chi connectivity index (χ1) is 17.0. The second kappa shape index (κ2) is 11.4. The van der Waals surface area contributed by atoms with Crippen LogP contribution in [0.4, 0.5) is 18.9 Å². The van der Waals surface area contributed by atoms with Crippen molar-refractivity contribution < 1.29 is 18.0 Å². The maximum Gasteiger partial charge on any atom is 0.248 e. The molecule has 1 aliphatic rings. The van der Waals surface area contributed by atoms with Gasteiger partial charge in [-0.3, -0.25) is 4.79 Å². The molecule has 1 atom stereocenters. The molecule has 1 aliphatic carbocycles. The van der Waals surface area contributed by atoms with E-state index < -0.39 is 29.0 Å². The number of nitrogens with zero attached hydrogens (tertiary/aromatic N) is 2. The number of carbonyl (C=O) groups excluding carboxylic acids is 1. The van der Waals surface area contributed by atoms with Crippen molar-refractivity contribution in [3.05, 3.63) is 107 Å². The molecule has 0 bridgehead atoms. The minimum Gasteiger partial charge on any atom is -0.330 e. The van der Waals surface area contributed by atoms with Crippen molar-refractivity contribution >= 4 is 11.6 Å². The Bertz CT molecular complexity index is 1260. The van der Waals surface area contributed by atoms with Crippen LogP contribution in [0.1, 0.15) is 53.5 Å². The van der Waals surface area contributed by atoms with Gasteiger partial charge in [-0.2, -0.15) is 0 Å². The third kappa shape index (κ3) is 6.53. The van der Waals surface area contributed by atoms with E-state index in [9.17, 15) is 18.0 Å². The minimum atomic E-state index is -1.43. The number of allylic oxidation sites excluding steroid dienone is 9. The summed E-state index contributed by atoms with van der Waals surface area (Å²) in [6.45, 7) is 10.4. The summed E-state index contributed by atoms with van der Waals surface area (Å²) >= 11 is 0. The van der Waals surface area contributed by atoms with Crippen LogP contribution in [0, 0.1) is 22.9 Å². The molecular formula is C29H32F3N3O. The number of hydrogen-bond acceptors (Lipinski definition) is 2. The SMILES string of the molecule is CC(C=CC1=C(C)C(n2ccnc2)CCC1(C)C)=CC=CC(C)=CC(=O)Nc1c(F)ccc(F)c1F. The van der Waals surface area contributed by atoms with Crippen LogP contribution in [0.3, 0.4) is 0 Å². The standard InChI is InChI=1S/C29H32F3N3O/c1-19(9-10-22-21(3)25(13-14-29(22,4)5)35-16-15-33-18-35)7-6-8-20(2)17-26(36)34-28-24(31)12-11-23(30)27(28)32/h6-12,15-18,25H,13-14H2,1-5H3,(H,34,36). The van der Waals surface area contributed by atoms with Crippen LogP contribution in [-0.2, 0) is 4.79 Å². The Hall–Kier alpha value is -3.61. The van der Waals surface area contributed by atoms with Gasteiger partial charge in [0.1, 0.15) is 11.5 Å². The number of imidazole rings is 1. The van der Waals surface area contributed by atoms with Crippen LogP contribution in [0.25, 0.3) is 0 Å². The molecule has 1 amide bonds. The fourth-order valence-corrected chi connectivity index (χ4v) is 4.42. The summed E-state index contributed by atoms with van der Waals surface area (Å²) in [5.74, 6) is -4.47. The Balaban J connectivity index is 1.68. The number of hydrogen-bond donors (Lipinski definition) is 1. The summed E-state index contributed by atoms with van der Waals surface area (Å²) in [6, 6.07) is 1.73. The molecule has 4 nitrogen and oxygen atoms in total. The number of aromatic nitrogens is 2. The highest BCUT2D eigenvalue weighted by atomic mass is 19.2. The number of carbonyl (C=O) groups is 1. The summed E-state index contributed by atoms with van der Waals surface area (Å²) in [5.41, 5.74) is 3.50. The van der Waals surface area contributed by atoms with Gasteiger partial charge in [-0.25, -0.2) is 18.2 Å². The van der Waals surface area contributed by atoms with E-state index in [1.54, 1.807) is 25.3 Å². The van der Waals surface area contributed by atoms with E-state index in [1.165, 1.54) is 17.2 Å².